The molecule has 6 heteroatoms. The SMILES string of the molecule is O=C(NCCc1nnc2ccccn12)C1(c2ccc(Br)cc2)CC1. The standard InChI is InChI=1S/C18H17BrN4O/c19-14-6-4-13(5-7-14)18(9-10-18)17(24)20-11-8-16-22-21-15-3-1-2-12-23(15)16/h1-7,12H,8-11H2,(H,20,24). The van der Waals surface area contributed by atoms with E-state index in [0.717, 1.165) is 34.3 Å². The van der Waals surface area contributed by atoms with Crippen LogP contribution < -0.4 is 5.32 Å². The summed E-state index contributed by atoms with van der Waals surface area (Å²) in [5.41, 5.74) is 1.58. The molecule has 4 rings (SSSR count). The van der Waals surface area contributed by atoms with Gasteiger partial charge in [-0.05, 0) is 42.7 Å². The third kappa shape index (κ3) is 2.71. The van der Waals surface area contributed by atoms with E-state index in [4.69, 9.17) is 0 Å². The van der Waals surface area contributed by atoms with E-state index in [1.54, 1.807) is 0 Å². The lowest BCUT2D eigenvalue weighted by Crippen LogP contribution is -2.36. The zero-order valence-corrected chi connectivity index (χ0v) is 14.7. The van der Waals surface area contributed by atoms with Gasteiger partial charge in [-0.25, -0.2) is 0 Å². The first-order valence-corrected chi connectivity index (χ1v) is 8.81. The smallest absolute Gasteiger partial charge is 0.230 e. The number of benzene rings is 1. The van der Waals surface area contributed by atoms with Gasteiger partial charge in [0.1, 0.15) is 5.82 Å². The molecule has 0 spiro atoms. The van der Waals surface area contributed by atoms with Gasteiger partial charge in [0.15, 0.2) is 5.65 Å². The van der Waals surface area contributed by atoms with Crippen LogP contribution in [0.4, 0.5) is 0 Å². The summed E-state index contributed by atoms with van der Waals surface area (Å²) in [5.74, 6) is 0.970. The van der Waals surface area contributed by atoms with Gasteiger partial charge in [0, 0.05) is 23.6 Å². The Labute approximate surface area is 148 Å². The lowest BCUT2D eigenvalue weighted by atomic mass is 9.95. The Kier molecular flexibility index (Phi) is 3.84. The maximum absolute atomic E-state index is 12.6. The summed E-state index contributed by atoms with van der Waals surface area (Å²) < 4.78 is 2.98. The van der Waals surface area contributed by atoms with Crippen LogP contribution in [0.1, 0.15) is 24.2 Å². The number of pyridine rings is 1. The van der Waals surface area contributed by atoms with Crippen LogP contribution in [0.25, 0.3) is 5.65 Å². The highest BCUT2D eigenvalue weighted by Gasteiger charge is 2.50. The van der Waals surface area contributed by atoms with Gasteiger partial charge in [-0.3, -0.25) is 9.20 Å². The number of hydrogen-bond donors (Lipinski definition) is 1. The number of nitrogens with one attached hydrogen (secondary N) is 1. The molecule has 0 unspecified atom stereocenters. The van der Waals surface area contributed by atoms with Crippen LogP contribution in [0.3, 0.4) is 0 Å². The summed E-state index contributed by atoms with van der Waals surface area (Å²) >= 11 is 3.44. The van der Waals surface area contributed by atoms with Gasteiger partial charge in [-0.1, -0.05) is 34.1 Å². The first-order valence-electron chi connectivity index (χ1n) is 8.02. The van der Waals surface area contributed by atoms with Crippen molar-refractivity contribution in [2.75, 3.05) is 6.54 Å². The van der Waals surface area contributed by atoms with Gasteiger partial charge in [0.25, 0.3) is 0 Å². The van der Waals surface area contributed by atoms with Gasteiger partial charge in [-0.2, -0.15) is 0 Å². The largest absolute Gasteiger partial charge is 0.355 e. The molecule has 2 heterocycles. The van der Waals surface area contributed by atoms with Crippen molar-refractivity contribution in [3.63, 3.8) is 0 Å². The Balaban J connectivity index is 1.41. The molecule has 0 atom stereocenters. The third-order valence-corrected chi connectivity index (χ3v) is 5.13. The van der Waals surface area contributed by atoms with Gasteiger partial charge in [0.05, 0.1) is 5.41 Å². The molecule has 0 bridgehead atoms. The minimum absolute atomic E-state index is 0.110. The van der Waals surface area contributed by atoms with Crippen LogP contribution in [0, 0.1) is 0 Å². The number of fused-ring (bicyclic) bond motifs is 1. The Morgan fingerprint density at radius 1 is 1.17 bits per heavy atom. The zero-order valence-electron chi connectivity index (χ0n) is 13.1. The van der Waals surface area contributed by atoms with Crippen molar-refractivity contribution in [2.24, 2.45) is 0 Å². The molecule has 0 aliphatic heterocycles. The third-order valence-electron chi connectivity index (χ3n) is 4.60. The van der Waals surface area contributed by atoms with E-state index in [1.165, 1.54) is 0 Å². The summed E-state index contributed by atoms with van der Waals surface area (Å²) in [5, 5.41) is 11.4. The lowest BCUT2D eigenvalue weighted by molar-refractivity contribution is -0.123. The van der Waals surface area contributed by atoms with Crippen molar-refractivity contribution >= 4 is 27.5 Å². The highest BCUT2D eigenvalue weighted by Crippen LogP contribution is 2.48. The van der Waals surface area contributed by atoms with E-state index < -0.39 is 0 Å². The number of amides is 1. The van der Waals surface area contributed by atoms with Gasteiger partial charge in [0.2, 0.25) is 5.91 Å². The normalized spacial score (nSPS) is 15.4. The molecule has 1 aliphatic carbocycles. The van der Waals surface area contributed by atoms with E-state index in [9.17, 15) is 4.79 Å². The second-order valence-electron chi connectivity index (χ2n) is 6.14. The molecule has 3 aromatic rings. The fourth-order valence-electron chi connectivity index (χ4n) is 3.06. The molecular weight excluding hydrogens is 368 g/mol. The average Bonchev–Trinajstić information content (AvgIpc) is 3.32. The first-order chi connectivity index (χ1) is 11.7. The van der Waals surface area contributed by atoms with Crippen LogP contribution in [0.2, 0.25) is 0 Å². The number of carbonyl (C=O) groups is 1. The Hall–Kier alpha value is -2.21. The van der Waals surface area contributed by atoms with E-state index >= 15 is 0 Å². The van der Waals surface area contributed by atoms with Crippen molar-refractivity contribution in [1.82, 2.24) is 19.9 Å². The van der Waals surface area contributed by atoms with E-state index in [-0.39, 0.29) is 11.3 Å². The fraction of sp³-hybridized carbons (Fsp3) is 0.278. The Morgan fingerprint density at radius 2 is 1.96 bits per heavy atom. The topological polar surface area (TPSA) is 59.3 Å². The number of nitrogens with zero attached hydrogens (tertiary/aromatic N) is 3. The molecule has 0 saturated heterocycles. The number of aromatic nitrogens is 3. The van der Waals surface area contributed by atoms with Gasteiger partial charge >= 0.3 is 0 Å². The zero-order chi connectivity index (χ0) is 16.6. The van der Waals surface area contributed by atoms with Crippen LogP contribution in [-0.4, -0.2) is 27.0 Å². The van der Waals surface area contributed by atoms with Crippen LogP contribution in [0.5, 0.6) is 0 Å². The summed E-state index contributed by atoms with van der Waals surface area (Å²) in [6.45, 7) is 0.562. The van der Waals surface area contributed by atoms with E-state index in [2.05, 4.69) is 31.4 Å². The second-order valence-corrected chi connectivity index (χ2v) is 7.06. The molecule has 1 amide bonds. The molecule has 2 aromatic heterocycles. The Morgan fingerprint density at radius 3 is 2.71 bits per heavy atom. The van der Waals surface area contributed by atoms with E-state index in [0.29, 0.717) is 13.0 Å². The monoisotopic (exact) mass is 384 g/mol. The first kappa shape index (κ1) is 15.3. The molecule has 0 radical (unpaired) electrons. The van der Waals surface area contributed by atoms with Crippen molar-refractivity contribution < 1.29 is 4.79 Å². The highest BCUT2D eigenvalue weighted by molar-refractivity contribution is 9.10. The number of rotatable bonds is 5. The maximum Gasteiger partial charge on any atom is 0.230 e. The molecule has 122 valence electrons. The van der Waals surface area contributed by atoms with Crippen molar-refractivity contribution in [3.05, 3.63) is 64.5 Å². The number of carbonyl (C=O) groups excluding carboxylic acids is 1. The average molecular weight is 385 g/mol. The van der Waals surface area contributed by atoms with Crippen molar-refractivity contribution in [2.45, 2.75) is 24.7 Å². The summed E-state index contributed by atoms with van der Waals surface area (Å²) in [6.07, 6.45) is 4.42. The maximum atomic E-state index is 12.6. The predicted molar refractivity (Wildman–Crippen MR) is 94.8 cm³/mol. The summed E-state index contributed by atoms with van der Waals surface area (Å²) in [4.78, 5) is 12.6. The molecule has 1 N–H and O–H groups in total. The second kappa shape index (κ2) is 6.02. The van der Waals surface area contributed by atoms with Crippen LogP contribution in [0.15, 0.2) is 53.1 Å². The minimum atomic E-state index is -0.340. The Bertz CT molecular complexity index is 883. The van der Waals surface area contributed by atoms with Crippen molar-refractivity contribution in [1.29, 1.82) is 0 Å². The molecule has 1 aliphatic rings. The lowest BCUT2D eigenvalue weighted by Gasteiger charge is -2.15. The van der Waals surface area contributed by atoms with Crippen LogP contribution in [-0.2, 0) is 16.6 Å². The quantitative estimate of drug-likeness (QED) is 0.735. The predicted octanol–water partition coefficient (Wildman–Crippen LogP) is 2.88. The molecule has 1 fully saturated rings. The molecule has 1 aromatic carbocycles. The number of hydrogen-bond acceptors (Lipinski definition) is 3. The molecular formula is C18H17BrN4O. The molecule has 1 saturated carbocycles. The fourth-order valence-corrected chi connectivity index (χ4v) is 3.32. The van der Waals surface area contributed by atoms with Crippen LogP contribution >= 0.6 is 15.9 Å². The summed E-state index contributed by atoms with van der Waals surface area (Å²) in [7, 11) is 0. The van der Waals surface area contributed by atoms with Gasteiger partial charge in [-0.15, -0.1) is 10.2 Å². The highest BCUT2D eigenvalue weighted by atomic mass is 79.9. The van der Waals surface area contributed by atoms with E-state index in [1.807, 2.05) is 53.1 Å². The molecule has 24 heavy (non-hydrogen) atoms. The minimum Gasteiger partial charge on any atom is -0.355 e. The molecule has 5 nitrogen and oxygen atoms in total. The number of halogens is 1. The van der Waals surface area contributed by atoms with Gasteiger partial charge < -0.3 is 5.32 Å². The summed E-state index contributed by atoms with van der Waals surface area (Å²) in [6, 6.07) is 13.8. The van der Waals surface area contributed by atoms with Crippen molar-refractivity contribution in [3.8, 4) is 0 Å².